The van der Waals surface area contributed by atoms with Gasteiger partial charge in [0.15, 0.2) is 10.6 Å². The molecule has 0 atom stereocenters. The van der Waals surface area contributed by atoms with Crippen molar-refractivity contribution in [3.05, 3.63) is 17.2 Å². The van der Waals surface area contributed by atoms with Gasteiger partial charge < -0.3 is 9.09 Å². The van der Waals surface area contributed by atoms with Gasteiger partial charge in [-0.25, -0.2) is 0 Å². The third-order valence-electron chi connectivity index (χ3n) is 2.18. The summed E-state index contributed by atoms with van der Waals surface area (Å²) in [5, 5.41) is 10.6. The van der Waals surface area contributed by atoms with Crippen LogP contribution in [-0.2, 0) is 6.54 Å². The van der Waals surface area contributed by atoms with Crippen LogP contribution >= 0.6 is 12.2 Å². The van der Waals surface area contributed by atoms with Crippen molar-refractivity contribution in [3.63, 3.8) is 0 Å². The number of unbranched alkanes of at least 4 members (excludes halogenated alkanes) is 1. The van der Waals surface area contributed by atoms with Crippen molar-refractivity contribution in [3.8, 4) is 11.4 Å². The third-order valence-corrected chi connectivity index (χ3v) is 2.50. The first kappa shape index (κ1) is 10.1. The van der Waals surface area contributed by atoms with Gasteiger partial charge in [0.25, 0.3) is 0 Å². The van der Waals surface area contributed by atoms with E-state index in [1.807, 2.05) is 4.57 Å². The van der Waals surface area contributed by atoms with E-state index in [0.29, 0.717) is 4.77 Å². The molecule has 80 valence electrons. The van der Waals surface area contributed by atoms with Crippen LogP contribution in [0.2, 0.25) is 0 Å². The molecule has 5 nitrogen and oxygen atoms in total. The molecule has 0 unspecified atom stereocenters. The summed E-state index contributed by atoms with van der Waals surface area (Å²) in [6.07, 6.45) is 5.39. The lowest BCUT2D eigenvalue weighted by Gasteiger charge is -2.02. The van der Waals surface area contributed by atoms with Crippen molar-refractivity contribution >= 4 is 12.2 Å². The van der Waals surface area contributed by atoms with Gasteiger partial charge in [0.05, 0.1) is 11.8 Å². The van der Waals surface area contributed by atoms with Crippen LogP contribution in [0.4, 0.5) is 0 Å². The van der Waals surface area contributed by atoms with Crippen molar-refractivity contribution in [1.82, 2.24) is 19.9 Å². The van der Waals surface area contributed by atoms with E-state index < -0.39 is 0 Å². The molecule has 0 spiro atoms. The van der Waals surface area contributed by atoms with Crippen LogP contribution in [0, 0.1) is 4.77 Å². The van der Waals surface area contributed by atoms with E-state index in [9.17, 15) is 0 Å². The molecule has 0 amide bonds. The Kier molecular flexibility index (Phi) is 2.96. The molecule has 2 rings (SSSR count). The molecular formula is C9H12N4OS. The highest BCUT2D eigenvalue weighted by Crippen LogP contribution is 2.16. The van der Waals surface area contributed by atoms with Crippen molar-refractivity contribution in [2.24, 2.45) is 0 Å². The Balaban J connectivity index is 2.36. The van der Waals surface area contributed by atoms with E-state index in [0.717, 1.165) is 30.8 Å². The second-order valence-electron chi connectivity index (χ2n) is 3.27. The maximum Gasteiger partial charge on any atom is 0.195 e. The lowest BCUT2D eigenvalue weighted by atomic mass is 10.3. The molecule has 0 fully saturated rings. The predicted octanol–water partition coefficient (Wildman–Crippen LogP) is 2.40. The average Bonchev–Trinajstić information content (AvgIpc) is 2.84. The average molecular weight is 224 g/mol. The van der Waals surface area contributed by atoms with Crippen molar-refractivity contribution in [1.29, 1.82) is 0 Å². The minimum Gasteiger partial charge on any atom is -0.364 e. The molecule has 2 aromatic rings. The predicted molar refractivity (Wildman–Crippen MR) is 57.8 cm³/mol. The first-order valence-corrected chi connectivity index (χ1v) is 5.28. The van der Waals surface area contributed by atoms with Gasteiger partial charge in [-0.05, 0) is 18.6 Å². The highest BCUT2D eigenvalue weighted by molar-refractivity contribution is 7.71. The van der Waals surface area contributed by atoms with Gasteiger partial charge in [0.2, 0.25) is 0 Å². The highest BCUT2D eigenvalue weighted by Gasteiger charge is 2.09. The smallest absolute Gasteiger partial charge is 0.195 e. The summed E-state index contributed by atoms with van der Waals surface area (Å²) in [7, 11) is 0. The molecule has 6 heteroatoms. The van der Waals surface area contributed by atoms with Crippen LogP contribution in [0.5, 0.6) is 0 Å². The zero-order valence-corrected chi connectivity index (χ0v) is 9.25. The summed E-state index contributed by atoms with van der Waals surface area (Å²) in [5.74, 6) is 0.787. The van der Waals surface area contributed by atoms with Crippen LogP contribution in [-0.4, -0.2) is 19.9 Å². The van der Waals surface area contributed by atoms with Crippen molar-refractivity contribution in [2.75, 3.05) is 0 Å². The summed E-state index contributed by atoms with van der Waals surface area (Å²) >= 11 is 5.15. The number of rotatable bonds is 4. The Hall–Kier alpha value is -1.43. The number of H-pyrrole nitrogens is 1. The van der Waals surface area contributed by atoms with Crippen molar-refractivity contribution in [2.45, 2.75) is 26.3 Å². The Morgan fingerprint density at radius 3 is 3.13 bits per heavy atom. The number of aromatic amines is 1. The number of hydrogen-bond donors (Lipinski definition) is 1. The van der Waals surface area contributed by atoms with Gasteiger partial charge in [-0.1, -0.05) is 18.5 Å². The van der Waals surface area contributed by atoms with Crippen LogP contribution in [0.15, 0.2) is 17.0 Å². The molecule has 1 N–H and O–H groups in total. The van der Waals surface area contributed by atoms with E-state index in [1.165, 1.54) is 0 Å². The fraction of sp³-hybridized carbons (Fsp3) is 0.444. The monoisotopic (exact) mass is 224 g/mol. The van der Waals surface area contributed by atoms with E-state index in [1.54, 1.807) is 12.5 Å². The fourth-order valence-corrected chi connectivity index (χ4v) is 1.60. The first-order valence-electron chi connectivity index (χ1n) is 4.88. The number of nitrogens with one attached hydrogen (secondary N) is 1. The second-order valence-corrected chi connectivity index (χ2v) is 3.66. The van der Waals surface area contributed by atoms with E-state index in [4.69, 9.17) is 16.7 Å². The van der Waals surface area contributed by atoms with Gasteiger partial charge in [-0.15, -0.1) is 0 Å². The van der Waals surface area contributed by atoms with E-state index in [-0.39, 0.29) is 0 Å². The van der Waals surface area contributed by atoms with Gasteiger partial charge in [-0.3, -0.25) is 5.10 Å². The molecule has 0 bridgehead atoms. The minimum atomic E-state index is 0.639. The molecule has 15 heavy (non-hydrogen) atoms. The molecule has 2 heterocycles. The summed E-state index contributed by atoms with van der Waals surface area (Å²) < 4.78 is 7.39. The molecule has 2 aromatic heterocycles. The van der Waals surface area contributed by atoms with Crippen LogP contribution in [0.3, 0.4) is 0 Å². The molecule has 0 aliphatic heterocycles. The van der Waals surface area contributed by atoms with Gasteiger partial charge in [-0.2, -0.15) is 5.10 Å². The molecule has 0 saturated heterocycles. The largest absolute Gasteiger partial charge is 0.364 e. The minimum absolute atomic E-state index is 0.639. The van der Waals surface area contributed by atoms with E-state index in [2.05, 4.69) is 22.3 Å². The Morgan fingerprint density at radius 2 is 2.47 bits per heavy atom. The normalized spacial score (nSPS) is 10.7. The lowest BCUT2D eigenvalue weighted by molar-refractivity contribution is 0.420. The Morgan fingerprint density at radius 1 is 1.60 bits per heavy atom. The molecule has 0 aromatic carbocycles. The maximum atomic E-state index is 5.15. The van der Waals surface area contributed by atoms with Gasteiger partial charge in [0.1, 0.15) is 6.26 Å². The molecule has 0 saturated carbocycles. The molecule has 0 aliphatic carbocycles. The summed E-state index contributed by atoms with van der Waals surface area (Å²) in [6.45, 7) is 3.01. The second kappa shape index (κ2) is 4.39. The fourth-order valence-electron chi connectivity index (χ4n) is 1.38. The van der Waals surface area contributed by atoms with Crippen LogP contribution in [0.1, 0.15) is 19.8 Å². The van der Waals surface area contributed by atoms with Crippen LogP contribution in [0.25, 0.3) is 11.4 Å². The zero-order valence-electron chi connectivity index (χ0n) is 8.43. The van der Waals surface area contributed by atoms with E-state index >= 15 is 0 Å². The van der Waals surface area contributed by atoms with Gasteiger partial charge >= 0.3 is 0 Å². The molecule has 0 aliphatic rings. The first-order chi connectivity index (χ1) is 7.33. The lowest BCUT2D eigenvalue weighted by Crippen LogP contribution is -2.00. The summed E-state index contributed by atoms with van der Waals surface area (Å²) in [5.41, 5.74) is 0.846. The van der Waals surface area contributed by atoms with Gasteiger partial charge in [0, 0.05) is 6.54 Å². The van der Waals surface area contributed by atoms with Crippen LogP contribution < -0.4 is 0 Å². The third kappa shape index (κ3) is 1.99. The molecular weight excluding hydrogens is 212 g/mol. The SMILES string of the molecule is CCCCn1c(-c2cnoc2)n[nH]c1=S. The Bertz CT molecular complexity index is 471. The summed E-state index contributed by atoms with van der Waals surface area (Å²) in [6, 6.07) is 0. The topological polar surface area (TPSA) is 59.6 Å². The number of hydrogen-bond acceptors (Lipinski definition) is 4. The Labute approximate surface area is 92.1 Å². The summed E-state index contributed by atoms with van der Waals surface area (Å²) in [4.78, 5) is 0. The highest BCUT2D eigenvalue weighted by atomic mass is 32.1. The van der Waals surface area contributed by atoms with Crippen molar-refractivity contribution < 1.29 is 4.52 Å². The maximum absolute atomic E-state index is 5.15. The quantitative estimate of drug-likeness (QED) is 0.810. The number of aromatic nitrogens is 4. The standard InChI is InChI=1S/C9H12N4OS/c1-2-3-4-13-8(11-12-9(13)15)7-5-10-14-6-7/h5-6H,2-4H2,1H3,(H,12,15). The molecule has 0 radical (unpaired) electrons. The zero-order chi connectivity index (χ0) is 10.7. The number of nitrogens with zero attached hydrogens (tertiary/aromatic N) is 3.